The van der Waals surface area contributed by atoms with Gasteiger partial charge in [-0.25, -0.2) is 0 Å². The molecule has 0 saturated carbocycles. The summed E-state index contributed by atoms with van der Waals surface area (Å²) in [5.41, 5.74) is 0.385. The fraction of sp³-hybridized carbons (Fsp3) is 0.154. The van der Waals surface area contributed by atoms with E-state index in [9.17, 15) is 9.59 Å². The highest BCUT2D eigenvalue weighted by molar-refractivity contribution is 7.15. The number of nitrogens with one attached hydrogen (secondary N) is 1. The molecule has 0 atom stereocenters. The van der Waals surface area contributed by atoms with Gasteiger partial charge in [0.2, 0.25) is 0 Å². The number of aryl methyl sites for hydroxylation is 1. The fourth-order valence-electron chi connectivity index (χ4n) is 1.60. The lowest BCUT2D eigenvalue weighted by Crippen LogP contribution is -2.19. The SMILES string of the molecule is CCn1cc(NC(=O)c2cc(Cl)c(C#N)s2)ccc1=O. The summed E-state index contributed by atoms with van der Waals surface area (Å²) in [5.74, 6) is -0.361. The van der Waals surface area contributed by atoms with E-state index in [2.05, 4.69) is 5.32 Å². The fourth-order valence-corrected chi connectivity index (χ4v) is 2.68. The zero-order valence-corrected chi connectivity index (χ0v) is 12.1. The number of carbonyl (C=O) groups excluding carboxylic acids is 1. The Morgan fingerprint density at radius 2 is 2.30 bits per heavy atom. The standard InChI is InChI=1S/C13H10ClN3O2S/c1-2-17-7-8(3-4-12(17)18)16-13(19)10-5-9(14)11(6-15)20-10/h3-5,7H,2H2,1H3,(H,16,19). The highest BCUT2D eigenvalue weighted by atomic mass is 35.5. The number of hydrogen-bond donors (Lipinski definition) is 1. The molecule has 2 aromatic heterocycles. The summed E-state index contributed by atoms with van der Waals surface area (Å²) < 4.78 is 1.48. The van der Waals surface area contributed by atoms with Crippen LogP contribution in [0.4, 0.5) is 5.69 Å². The Morgan fingerprint density at radius 1 is 1.55 bits per heavy atom. The quantitative estimate of drug-likeness (QED) is 0.947. The van der Waals surface area contributed by atoms with Crippen molar-refractivity contribution in [2.45, 2.75) is 13.5 Å². The third kappa shape index (κ3) is 2.90. The Labute approximate surface area is 124 Å². The number of pyridine rings is 1. The van der Waals surface area contributed by atoms with E-state index in [4.69, 9.17) is 16.9 Å². The van der Waals surface area contributed by atoms with E-state index >= 15 is 0 Å². The van der Waals surface area contributed by atoms with Crippen molar-refractivity contribution in [1.82, 2.24) is 4.57 Å². The number of rotatable bonds is 3. The molecule has 0 aliphatic carbocycles. The summed E-state index contributed by atoms with van der Waals surface area (Å²) in [5, 5.41) is 11.7. The van der Waals surface area contributed by atoms with Crippen LogP contribution in [-0.2, 0) is 6.54 Å². The van der Waals surface area contributed by atoms with Crippen molar-refractivity contribution in [2.75, 3.05) is 5.32 Å². The Kier molecular flexibility index (Phi) is 4.23. The summed E-state index contributed by atoms with van der Waals surface area (Å²) in [6.45, 7) is 2.36. The molecule has 0 fully saturated rings. The van der Waals surface area contributed by atoms with Crippen LogP contribution in [0.25, 0.3) is 0 Å². The molecule has 0 aliphatic heterocycles. The molecular formula is C13H10ClN3O2S. The maximum atomic E-state index is 12.0. The van der Waals surface area contributed by atoms with Gasteiger partial charge >= 0.3 is 0 Å². The lowest BCUT2D eigenvalue weighted by atomic mass is 10.3. The average Bonchev–Trinajstić information content (AvgIpc) is 2.82. The molecule has 1 amide bonds. The van der Waals surface area contributed by atoms with Crippen LogP contribution >= 0.6 is 22.9 Å². The van der Waals surface area contributed by atoms with Gasteiger partial charge in [0, 0.05) is 18.8 Å². The first kappa shape index (κ1) is 14.3. The lowest BCUT2D eigenvalue weighted by Gasteiger charge is -2.06. The zero-order valence-electron chi connectivity index (χ0n) is 10.5. The summed E-state index contributed by atoms with van der Waals surface area (Å²) in [6, 6.07) is 6.30. The number of nitriles is 1. The van der Waals surface area contributed by atoms with Crippen LogP contribution in [0.5, 0.6) is 0 Å². The van der Waals surface area contributed by atoms with Gasteiger partial charge in [-0.1, -0.05) is 11.6 Å². The molecule has 0 spiro atoms. The molecule has 102 valence electrons. The minimum atomic E-state index is -0.361. The van der Waals surface area contributed by atoms with Crippen molar-refractivity contribution in [3.05, 3.63) is 49.5 Å². The normalized spacial score (nSPS) is 10.1. The van der Waals surface area contributed by atoms with Gasteiger partial charge in [-0.2, -0.15) is 5.26 Å². The van der Waals surface area contributed by atoms with Crippen molar-refractivity contribution >= 4 is 34.5 Å². The van der Waals surface area contributed by atoms with Gasteiger partial charge in [0.1, 0.15) is 10.9 Å². The largest absolute Gasteiger partial charge is 0.320 e. The number of halogens is 1. The van der Waals surface area contributed by atoms with Gasteiger partial charge in [0.15, 0.2) is 0 Å². The molecular weight excluding hydrogens is 298 g/mol. The van der Waals surface area contributed by atoms with E-state index in [1.807, 2.05) is 13.0 Å². The second-order valence-corrected chi connectivity index (χ2v) is 5.36. The summed E-state index contributed by atoms with van der Waals surface area (Å²) in [7, 11) is 0. The van der Waals surface area contributed by atoms with Gasteiger partial charge in [-0.3, -0.25) is 9.59 Å². The van der Waals surface area contributed by atoms with Crippen LogP contribution in [-0.4, -0.2) is 10.5 Å². The topological polar surface area (TPSA) is 74.9 Å². The van der Waals surface area contributed by atoms with Crippen LogP contribution in [0.2, 0.25) is 5.02 Å². The highest BCUT2D eigenvalue weighted by Gasteiger charge is 2.13. The Bertz CT molecular complexity index is 758. The van der Waals surface area contributed by atoms with Gasteiger partial charge in [0.05, 0.1) is 15.6 Å². The van der Waals surface area contributed by atoms with Crippen molar-refractivity contribution in [2.24, 2.45) is 0 Å². The van der Waals surface area contributed by atoms with E-state index in [0.29, 0.717) is 22.0 Å². The van der Waals surface area contributed by atoms with Crippen molar-refractivity contribution in [3.63, 3.8) is 0 Å². The molecule has 0 unspecified atom stereocenters. The van der Waals surface area contributed by atoms with E-state index in [1.54, 1.807) is 6.20 Å². The van der Waals surface area contributed by atoms with Crippen molar-refractivity contribution < 1.29 is 4.79 Å². The molecule has 0 saturated heterocycles. The Balaban J connectivity index is 2.23. The predicted octanol–water partition coefficient (Wildman–Crippen LogP) is 2.71. The number of hydrogen-bond acceptors (Lipinski definition) is 4. The van der Waals surface area contributed by atoms with E-state index in [1.165, 1.54) is 22.8 Å². The van der Waals surface area contributed by atoms with Gasteiger partial charge in [-0.05, 0) is 19.1 Å². The highest BCUT2D eigenvalue weighted by Crippen LogP contribution is 2.26. The maximum absolute atomic E-state index is 12.0. The van der Waals surface area contributed by atoms with E-state index in [0.717, 1.165) is 11.3 Å². The number of thiophene rings is 1. The summed E-state index contributed by atoms with van der Waals surface area (Å²) in [4.78, 5) is 24.1. The van der Waals surface area contributed by atoms with E-state index < -0.39 is 0 Å². The molecule has 2 aromatic rings. The monoisotopic (exact) mass is 307 g/mol. The second-order valence-electron chi connectivity index (χ2n) is 3.90. The van der Waals surface area contributed by atoms with Gasteiger partial charge < -0.3 is 9.88 Å². The predicted molar refractivity (Wildman–Crippen MR) is 78.4 cm³/mol. The zero-order chi connectivity index (χ0) is 14.7. The molecule has 1 N–H and O–H groups in total. The summed E-state index contributed by atoms with van der Waals surface area (Å²) >= 11 is 6.85. The smallest absolute Gasteiger partial charge is 0.265 e. The Hall–Kier alpha value is -2.10. The second kappa shape index (κ2) is 5.90. The van der Waals surface area contributed by atoms with Crippen LogP contribution in [0.3, 0.4) is 0 Å². The number of anilines is 1. The Morgan fingerprint density at radius 3 is 2.90 bits per heavy atom. The molecule has 0 bridgehead atoms. The first-order chi connectivity index (χ1) is 9.55. The minimum absolute atomic E-state index is 0.128. The first-order valence-electron chi connectivity index (χ1n) is 5.76. The summed E-state index contributed by atoms with van der Waals surface area (Å²) in [6.07, 6.45) is 1.57. The number of nitrogens with zero attached hydrogens (tertiary/aromatic N) is 2. The third-order valence-corrected chi connectivity index (χ3v) is 4.04. The van der Waals surface area contributed by atoms with Gasteiger partial charge in [-0.15, -0.1) is 11.3 Å². The minimum Gasteiger partial charge on any atom is -0.320 e. The molecule has 0 aliphatic rings. The molecule has 0 aromatic carbocycles. The third-order valence-electron chi connectivity index (χ3n) is 2.59. The van der Waals surface area contributed by atoms with Crippen LogP contribution < -0.4 is 10.9 Å². The molecule has 7 heteroatoms. The molecule has 2 heterocycles. The molecule has 2 rings (SSSR count). The average molecular weight is 308 g/mol. The molecule has 5 nitrogen and oxygen atoms in total. The number of carbonyl (C=O) groups is 1. The van der Waals surface area contributed by atoms with Crippen LogP contribution in [0, 0.1) is 11.3 Å². The van der Waals surface area contributed by atoms with Crippen molar-refractivity contribution in [1.29, 1.82) is 5.26 Å². The van der Waals surface area contributed by atoms with Gasteiger partial charge in [0.25, 0.3) is 11.5 Å². The number of amides is 1. The van der Waals surface area contributed by atoms with Crippen molar-refractivity contribution in [3.8, 4) is 6.07 Å². The first-order valence-corrected chi connectivity index (χ1v) is 6.96. The lowest BCUT2D eigenvalue weighted by molar-refractivity contribution is 0.103. The maximum Gasteiger partial charge on any atom is 0.265 e. The van der Waals surface area contributed by atoms with E-state index in [-0.39, 0.29) is 16.5 Å². The van der Waals surface area contributed by atoms with Crippen LogP contribution in [0.15, 0.2) is 29.2 Å². The molecule has 0 radical (unpaired) electrons. The van der Waals surface area contributed by atoms with Crippen LogP contribution in [0.1, 0.15) is 21.5 Å². The number of aromatic nitrogens is 1. The molecule has 20 heavy (non-hydrogen) atoms.